The Balaban J connectivity index is 2.44. The molecule has 0 saturated carbocycles. The average molecular weight is 182 g/mol. The summed E-state index contributed by atoms with van der Waals surface area (Å²) in [5.41, 5.74) is 5.04. The van der Waals surface area contributed by atoms with Crippen LogP contribution in [0.5, 0.6) is 0 Å². The maximum Gasteiger partial charge on any atom is 0.231 e. The number of carbonyl (C=O) groups is 1. The van der Waals surface area contributed by atoms with Crippen molar-refractivity contribution in [2.75, 3.05) is 13.6 Å². The normalized spacial score (nSPS) is 10.7. The zero-order valence-corrected chi connectivity index (χ0v) is 7.91. The van der Waals surface area contributed by atoms with Crippen molar-refractivity contribution in [2.24, 2.45) is 5.73 Å². The summed E-state index contributed by atoms with van der Waals surface area (Å²) in [6.45, 7) is 2.74. The molecule has 2 N–H and O–H groups in total. The second-order valence-electron chi connectivity index (χ2n) is 3.15. The van der Waals surface area contributed by atoms with E-state index in [1.165, 1.54) is 0 Å². The van der Waals surface area contributed by atoms with Crippen LogP contribution in [0.4, 0.5) is 0 Å². The van der Waals surface area contributed by atoms with Gasteiger partial charge in [0.1, 0.15) is 11.5 Å². The van der Waals surface area contributed by atoms with Crippen LogP contribution in [-0.4, -0.2) is 24.4 Å². The summed E-state index contributed by atoms with van der Waals surface area (Å²) in [5.74, 6) is 1.40. The van der Waals surface area contributed by atoms with E-state index in [4.69, 9.17) is 10.2 Å². The lowest BCUT2D eigenvalue weighted by Crippen LogP contribution is -2.30. The highest BCUT2D eigenvalue weighted by Crippen LogP contribution is 2.07. The van der Waals surface area contributed by atoms with Crippen molar-refractivity contribution < 1.29 is 9.21 Å². The van der Waals surface area contributed by atoms with E-state index in [1.807, 2.05) is 26.1 Å². The maximum absolute atomic E-state index is 10.6. The lowest BCUT2D eigenvalue weighted by molar-refractivity contribution is -0.119. The molecular weight excluding hydrogens is 168 g/mol. The monoisotopic (exact) mass is 182 g/mol. The summed E-state index contributed by atoms with van der Waals surface area (Å²) >= 11 is 0. The molecule has 4 nitrogen and oxygen atoms in total. The van der Waals surface area contributed by atoms with Crippen molar-refractivity contribution in [3.05, 3.63) is 23.7 Å². The molecule has 1 heterocycles. The van der Waals surface area contributed by atoms with E-state index in [0.717, 1.165) is 11.5 Å². The van der Waals surface area contributed by atoms with Crippen molar-refractivity contribution >= 4 is 5.91 Å². The summed E-state index contributed by atoms with van der Waals surface area (Å²) < 4.78 is 5.34. The fraction of sp³-hybridized carbons (Fsp3) is 0.444. The number of furan rings is 1. The molecule has 0 spiro atoms. The minimum Gasteiger partial charge on any atom is -0.465 e. The molecule has 1 aromatic rings. The number of nitrogens with two attached hydrogens (primary N) is 1. The number of hydrogen-bond acceptors (Lipinski definition) is 3. The smallest absolute Gasteiger partial charge is 0.231 e. The maximum atomic E-state index is 10.6. The minimum atomic E-state index is -0.328. The van der Waals surface area contributed by atoms with E-state index >= 15 is 0 Å². The quantitative estimate of drug-likeness (QED) is 0.737. The van der Waals surface area contributed by atoms with Crippen LogP contribution in [0.3, 0.4) is 0 Å². The number of aryl methyl sites for hydroxylation is 1. The highest BCUT2D eigenvalue weighted by atomic mass is 16.3. The van der Waals surface area contributed by atoms with Crippen molar-refractivity contribution in [2.45, 2.75) is 13.5 Å². The number of amides is 1. The Kier molecular flexibility index (Phi) is 3.08. The van der Waals surface area contributed by atoms with Gasteiger partial charge in [-0.05, 0) is 26.1 Å². The number of primary amides is 1. The second kappa shape index (κ2) is 4.09. The van der Waals surface area contributed by atoms with E-state index in [9.17, 15) is 4.79 Å². The van der Waals surface area contributed by atoms with E-state index in [-0.39, 0.29) is 12.5 Å². The van der Waals surface area contributed by atoms with Gasteiger partial charge in [-0.25, -0.2) is 0 Å². The Labute approximate surface area is 77.3 Å². The average Bonchev–Trinajstić information content (AvgIpc) is 2.33. The molecule has 0 aliphatic carbocycles. The molecule has 1 rings (SSSR count). The molecule has 0 atom stereocenters. The molecule has 0 bridgehead atoms. The van der Waals surface area contributed by atoms with Gasteiger partial charge in [0, 0.05) is 0 Å². The van der Waals surface area contributed by atoms with Crippen molar-refractivity contribution in [3.8, 4) is 0 Å². The molecule has 1 amide bonds. The predicted molar refractivity (Wildman–Crippen MR) is 49.0 cm³/mol. The SMILES string of the molecule is Cc1ccc(CN(C)CC(N)=O)o1. The second-order valence-corrected chi connectivity index (χ2v) is 3.15. The van der Waals surface area contributed by atoms with Crippen LogP contribution >= 0.6 is 0 Å². The largest absolute Gasteiger partial charge is 0.465 e. The Hall–Kier alpha value is -1.29. The third-order valence-corrected chi connectivity index (χ3v) is 1.65. The van der Waals surface area contributed by atoms with Gasteiger partial charge in [-0.2, -0.15) is 0 Å². The zero-order valence-electron chi connectivity index (χ0n) is 7.91. The van der Waals surface area contributed by atoms with Crippen molar-refractivity contribution in [1.29, 1.82) is 0 Å². The lowest BCUT2D eigenvalue weighted by atomic mass is 10.4. The van der Waals surface area contributed by atoms with Crippen LogP contribution in [0.1, 0.15) is 11.5 Å². The van der Waals surface area contributed by atoms with E-state index in [0.29, 0.717) is 6.54 Å². The Bertz CT molecular complexity index is 294. The van der Waals surface area contributed by atoms with Gasteiger partial charge in [-0.15, -0.1) is 0 Å². The van der Waals surface area contributed by atoms with Gasteiger partial charge in [0.05, 0.1) is 13.1 Å². The van der Waals surface area contributed by atoms with Crippen LogP contribution in [0.15, 0.2) is 16.5 Å². The predicted octanol–water partition coefficient (Wildman–Crippen LogP) is 0.505. The molecule has 1 aromatic heterocycles. The fourth-order valence-electron chi connectivity index (χ4n) is 1.16. The zero-order chi connectivity index (χ0) is 9.84. The standard InChI is InChI=1S/C9H14N2O2/c1-7-3-4-8(13-7)5-11(2)6-9(10)12/h3-4H,5-6H2,1-2H3,(H2,10,12). The van der Waals surface area contributed by atoms with Gasteiger partial charge in [0.2, 0.25) is 5.91 Å². The molecule has 4 heteroatoms. The van der Waals surface area contributed by atoms with Gasteiger partial charge in [0.15, 0.2) is 0 Å². The van der Waals surface area contributed by atoms with Crippen LogP contribution in [0.25, 0.3) is 0 Å². The number of likely N-dealkylation sites (N-methyl/N-ethyl adjacent to an activating group) is 1. The molecular formula is C9H14N2O2. The van der Waals surface area contributed by atoms with E-state index in [2.05, 4.69) is 0 Å². The Morgan fingerprint density at radius 3 is 2.77 bits per heavy atom. The van der Waals surface area contributed by atoms with E-state index < -0.39 is 0 Å². The summed E-state index contributed by atoms with van der Waals surface area (Å²) in [4.78, 5) is 12.4. The van der Waals surface area contributed by atoms with Gasteiger partial charge in [-0.1, -0.05) is 0 Å². The third-order valence-electron chi connectivity index (χ3n) is 1.65. The lowest BCUT2D eigenvalue weighted by Gasteiger charge is -2.11. The minimum absolute atomic E-state index is 0.250. The van der Waals surface area contributed by atoms with Gasteiger partial charge in [0.25, 0.3) is 0 Å². The number of nitrogens with zero attached hydrogens (tertiary/aromatic N) is 1. The van der Waals surface area contributed by atoms with Crippen LogP contribution in [-0.2, 0) is 11.3 Å². The van der Waals surface area contributed by atoms with Gasteiger partial charge in [-0.3, -0.25) is 9.69 Å². The highest BCUT2D eigenvalue weighted by Gasteiger charge is 2.05. The molecule has 13 heavy (non-hydrogen) atoms. The molecule has 0 saturated heterocycles. The van der Waals surface area contributed by atoms with Crippen molar-refractivity contribution in [3.63, 3.8) is 0 Å². The molecule has 0 aliphatic rings. The summed E-state index contributed by atoms with van der Waals surface area (Å²) in [6.07, 6.45) is 0. The van der Waals surface area contributed by atoms with Crippen LogP contribution in [0, 0.1) is 6.92 Å². The van der Waals surface area contributed by atoms with E-state index in [1.54, 1.807) is 4.90 Å². The molecule has 0 aliphatic heterocycles. The van der Waals surface area contributed by atoms with Crippen LogP contribution in [0.2, 0.25) is 0 Å². The van der Waals surface area contributed by atoms with Gasteiger partial charge >= 0.3 is 0 Å². The van der Waals surface area contributed by atoms with Crippen LogP contribution < -0.4 is 5.73 Å². The summed E-state index contributed by atoms with van der Waals surface area (Å²) in [6, 6.07) is 3.79. The molecule has 0 radical (unpaired) electrons. The first-order valence-electron chi connectivity index (χ1n) is 4.10. The summed E-state index contributed by atoms with van der Waals surface area (Å²) in [7, 11) is 1.82. The first kappa shape index (κ1) is 9.80. The Morgan fingerprint density at radius 2 is 2.31 bits per heavy atom. The topological polar surface area (TPSA) is 59.5 Å². The summed E-state index contributed by atoms with van der Waals surface area (Å²) in [5, 5.41) is 0. The Morgan fingerprint density at radius 1 is 1.62 bits per heavy atom. The number of carbonyl (C=O) groups excluding carboxylic acids is 1. The number of hydrogen-bond donors (Lipinski definition) is 1. The molecule has 0 fully saturated rings. The number of rotatable bonds is 4. The van der Waals surface area contributed by atoms with Gasteiger partial charge < -0.3 is 10.2 Å². The van der Waals surface area contributed by atoms with Crippen molar-refractivity contribution in [1.82, 2.24) is 4.90 Å². The highest BCUT2D eigenvalue weighted by molar-refractivity contribution is 5.75. The third kappa shape index (κ3) is 3.29. The molecule has 0 aromatic carbocycles. The molecule has 72 valence electrons. The fourth-order valence-corrected chi connectivity index (χ4v) is 1.16. The first-order valence-corrected chi connectivity index (χ1v) is 4.10. The first-order chi connectivity index (χ1) is 6.08. The molecule has 0 unspecified atom stereocenters.